The maximum atomic E-state index is 14.1. The number of nitrogens with zero attached hydrogens (tertiary/aromatic N) is 2. The van der Waals surface area contributed by atoms with E-state index in [9.17, 15) is 18.0 Å². The molecule has 0 unspecified atom stereocenters. The summed E-state index contributed by atoms with van der Waals surface area (Å²) < 4.78 is 39.8. The first kappa shape index (κ1) is 32.8. The number of methoxy groups -OCH3 is 2. The Balaban J connectivity index is 2.08. The smallest absolute Gasteiger partial charge is 0.264 e. The van der Waals surface area contributed by atoms with E-state index < -0.39 is 28.5 Å². The van der Waals surface area contributed by atoms with Crippen LogP contribution in [0.4, 0.5) is 5.69 Å². The molecule has 0 fully saturated rings. The quantitative estimate of drug-likeness (QED) is 0.265. The summed E-state index contributed by atoms with van der Waals surface area (Å²) in [6, 6.07) is 18.8. The third-order valence-electron chi connectivity index (χ3n) is 6.92. The Morgan fingerprint density at radius 1 is 0.905 bits per heavy atom. The molecule has 0 aromatic heterocycles. The number of hydrogen-bond donors (Lipinski definition) is 1. The average Bonchev–Trinajstić information content (AvgIpc) is 3.00. The van der Waals surface area contributed by atoms with Crippen molar-refractivity contribution >= 4 is 39.1 Å². The predicted octanol–water partition coefficient (Wildman–Crippen LogP) is 5.27. The van der Waals surface area contributed by atoms with Gasteiger partial charge in [0.2, 0.25) is 11.8 Å². The van der Waals surface area contributed by atoms with Crippen LogP contribution in [0.3, 0.4) is 0 Å². The number of ether oxygens (including phenoxy) is 2. The molecule has 3 aromatic rings. The molecule has 0 aliphatic heterocycles. The molecule has 42 heavy (non-hydrogen) atoms. The summed E-state index contributed by atoms with van der Waals surface area (Å²) in [6.07, 6.45) is 1.06. The van der Waals surface area contributed by atoms with Gasteiger partial charge in [0.05, 0.1) is 24.8 Å². The first-order chi connectivity index (χ1) is 20.0. The largest absolute Gasteiger partial charge is 0.493 e. The molecule has 0 heterocycles. The van der Waals surface area contributed by atoms with Gasteiger partial charge in [0, 0.05) is 23.7 Å². The van der Waals surface area contributed by atoms with Gasteiger partial charge in [-0.3, -0.25) is 13.9 Å². The number of carbonyl (C=O) groups is 2. The molecule has 0 aliphatic carbocycles. The van der Waals surface area contributed by atoms with Crippen LogP contribution >= 0.6 is 11.6 Å². The fourth-order valence-electron chi connectivity index (χ4n) is 4.38. The van der Waals surface area contributed by atoms with Crippen LogP contribution < -0.4 is 19.1 Å². The highest BCUT2D eigenvalue weighted by Crippen LogP contribution is 2.32. The fourth-order valence-corrected chi connectivity index (χ4v) is 5.94. The lowest BCUT2D eigenvalue weighted by Gasteiger charge is -2.33. The van der Waals surface area contributed by atoms with E-state index in [2.05, 4.69) is 5.32 Å². The molecule has 0 aliphatic rings. The number of amides is 2. The highest BCUT2D eigenvalue weighted by Gasteiger charge is 2.34. The molecule has 3 aromatic carbocycles. The van der Waals surface area contributed by atoms with E-state index in [1.54, 1.807) is 12.1 Å². The highest BCUT2D eigenvalue weighted by molar-refractivity contribution is 7.92. The number of rotatable bonds is 14. The van der Waals surface area contributed by atoms with Crippen LogP contribution in [0, 0.1) is 0 Å². The maximum Gasteiger partial charge on any atom is 0.264 e. The lowest BCUT2D eigenvalue weighted by molar-refractivity contribution is -0.140. The van der Waals surface area contributed by atoms with Gasteiger partial charge in [-0.25, -0.2) is 8.42 Å². The second-order valence-electron chi connectivity index (χ2n) is 9.75. The number of anilines is 1. The van der Waals surface area contributed by atoms with Crippen molar-refractivity contribution in [3.05, 3.63) is 83.4 Å². The van der Waals surface area contributed by atoms with E-state index in [4.69, 9.17) is 21.1 Å². The number of nitrogens with one attached hydrogen (secondary N) is 1. The second kappa shape index (κ2) is 14.9. The van der Waals surface area contributed by atoms with Crippen molar-refractivity contribution in [2.24, 2.45) is 0 Å². The molecule has 2 atom stereocenters. The summed E-state index contributed by atoms with van der Waals surface area (Å²) in [5, 5.41) is 3.38. The van der Waals surface area contributed by atoms with Crippen molar-refractivity contribution in [1.29, 1.82) is 0 Å². The van der Waals surface area contributed by atoms with Crippen LogP contribution in [-0.2, 0) is 26.2 Å². The van der Waals surface area contributed by atoms with E-state index in [0.29, 0.717) is 17.2 Å². The Morgan fingerprint density at radius 2 is 1.55 bits per heavy atom. The van der Waals surface area contributed by atoms with E-state index in [0.717, 1.165) is 16.3 Å². The minimum atomic E-state index is -4.29. The van der Waals surface area contributed by atoms with E-state index in [-0.39, 0.29) is 34.8 Å². The molecular weight excluding hydrogens is 578 g/mol. The standard InChI is InChI=1S/C31H38ClN3O6S/c1-6-22(3)33-31(37)27(7-2)34(20-23-11-9-8-10-12-23)30(36)21-35(25-15-13-24(32)14-16-25)42(38,39)26-17-18-28(40-4)29(19-26)41-5/h8-19,22,27H,6-7,20-21H2,1-5H3,(H,33,37)/t22-,27+/m1/s1. The SMILES string of the molecule is CC[C@@H](C)NC(=O)[C@H](CC)N(Cc1ccccc1)C(=O)CN(c1ccc(Cl)cc1)S(=O)(=O)c1ccc(OC)c(OC)c1. The Labute approximate surface area is 253 Å². The van der Waals surface area contributed by atoms with Crippen LogP contribution in [-0.4, -0.2) is 58.0 Å². The highest BCUT2D eigenvalue weighted by atomic mass is 35.5. The zero-order valence-electron chi connectivity index (χ0n) is 24.5. The van der Waals surface area contributed by atoms with Crippen molar-refractivity contribution in [2.75, 3.05) is 25.1 Å². The monoisotopic (exact) mass is 615 g/mol. The molecule has 226 valence electrons. The molecule has 3 rings (SSSR count). The lowest BCUT2D eigenvalue weighted by atomic mass is 10.1. The minimum absolute atomic E-state index is 0.0868. The second-order valence-corrected chi connectivity index (χ2v) is 12.1. The first-order valence-corrected chi connectivity index (χ1v) is 15.5. The number of sulfonamides is 1. The summed E-state index contributed by atoms with van der Waals surface area (Å²) >= 11 is 6.10. The van der Waals surface area contributed by atoms with Crippen molar-refractivity contribution < 1.29 is 27.5 Å². The summed E-state index contributed by atoms with van der Waals surface area (Å²) in [5.74, 6) is -0.252. The Morgan fingerprint density at radius 3 is 2.12 bits per heavy atom. The molecule has 0 saturated heterocycles. The Kier molecular flexibility index (Phi) is 11.6. The van der Waals surface area contributed by atoms with Crippen LogP contribution in [0.2, 0.25) is 5.02 Å². The number of hydrogen-bond acceptors (Lipinski definition) is 6. The van der Waals surface area contributed by atoms with Crippen LogP contribution in [0.5, 0.6) is 11.5 Å². The summed E-state index contributed by atoms with van der Waals surface area (Å²) in [5.41, 5.74) is 1.04. The molecular formula is C31H38ClN3O6S. The molecule has 0 saturated carbocycles. The zero-order valence-corrected chi connectivity index (χ0v) is 26.1. The van der Waals surface area contributed by atoms with Crippen LogP contribution in [0.15, 0.2) is 77.7 Å². The van der Waals surface area contributed by atoms with Crippen molar-refractivity contribution in [3.63, 3.8) is 0 Å². The number of benzene rings is 3. The van der Waals surface area contributed by atoms with E-state index in [1.807, 2.05) is 51.1 Å². The van der Waals surface area contributed by atoms with Gasteiger partial charge in [-0.2, -0.15) is 0 Å². The van der Waals surface area contributed by atoms with E-state index >= 15 is 0 Å². The summed E-state index contributed by atoms with van der Waals surface area (Å²) in [4.78, 5) is 28.8. The van der Waals surface area contributed by atoms with Crippen LogP contribution in [0.1, 0.15) is 39.2 Å². The molecule has 9 nitrogen and oxygen atoms in total. The molecule has 1 N–H and O–H groups in total. The average molecular weight is 616 g/mol. The Bertz CT molecular complexity index is 1450. The Hall–Kier alpha value is -3.76. The molecule has 0 bridgehead atoms. The maximum absolute atomic E-state index is 14.1. The van der Waals surface area contributed by atoms with Gasteiger partial charge in [0.1, 0.15) is 12.6 Å². The van der Waals surface area contributed by atoms with Gasteiger partial charge in [-0.1, -0.05) is 55.8 Å². The predicted molar refractivity (Wildman–Crippen MR) is 164 cm³/mol. The van der Waals surface area contributed by atoms with Gasteiger partial charge >= 0.3 is 0 Å². The summed E-state index contributed by atoms with van der Waals surface area (Å²) in [7, 11) is -1.43. The topological polar surface area (TPSA) is 105 Å². The molecule has 2 amide bonds. The van der Waals surface area contributed by atoms with E-state index in [1.165, 1.54) is 49.5 Å². The lowest BCUT2D eigenvalue weighted by Crippen LogP contribution is -2.53. The van der Waals surface area contributed by atoms with Gasteiger partial charge < -0.3 is 19.7 Å². The van der Waals surface area contributed by atoms with Crippen molar-refractivity contribution in [3.8, 4) is 11.5 Å². The van der Waals surface area contributed by atoms with Gasteiger partial charge in [0.15, 0.2) is 11.5 Å². The van der Waals surface area contributed by atoms with Gasteiger partial charge in [0.25, 0.3) is 10.0 Å². The van der Waals surface area contributed by atoms with Gasteiger partial charge in [-0.05, 0) is 61.7 Å². The minimum Gasteiger partial charge on any atom is -0.493 e. The molecule has 0 radical (unpaired) electrons. The zero-order chi connectivity index (χ0) is 30.9. The number of carbonyl (C=O) groups excluding carboxylic acids is 2. The van der Waals surface area contributed by atoms with Crippen LogP contribution in [0.25, 0.3) is 0 Å². The first-order valence-electron chi connectivity index (χ1n) is 13.7. The van der Waals surface area contributed by atoms with Gasteiger partial charge in [-0.15, -0.1) is 0 Å². The molecule has 0 spiro atoms. The normalized spacial score (nSPS) is 12.6. The fraction of sp³-hybridized carbons (Fsp3) is 0.355. The third kappa shape index (κ3) is 7.95. The van der Waals surface area contributed by atoms with Crippen molar-refractivity contribution in [2.45, 2.75) is 57.1 Å². The van der Waals surface area contributed by atoms with Crippen molar-refractivity contribution in [1.82, 2.24) is 10.2 Å². The molecule has 11 heteroatoms. The number of halogens is 1. The summed E-state index contributed by atoms with van der Waals surface area (Å²) in [6.45, 7) is 5.24. The third-order valence-corrected chi connectivity index (χ3v) is 8.94.